The number of hydrogen-bond acceptors (Lipinski definition) is 7. The van der Waals surface area contributed by atoms with Crippen LogP contribution in [0.1, 0.15) is 72.5 Å². The molecule has 272 valence electrons. The minimum Gasteiger partial charge on any atom is -0.395 e. The number of fused-ring (bicyclic) bond motifs is 1. The van der Waals surface area contributed by atoms with Gasteiger partial charge < -0.3 is 20.6 Å². The van der Waals surface area contributed by atoms with Gasteiger partial charge in [-0.1, -0.05) is 80.6 Å². The molecule has 5 aromatic rings. The van der Waals surface area contributed by atoms with Crippen molar-refractivity contribution in [2.75, 3.05) is 26.2 Å². The van der Waals surface area contributed by atoms with Gasteiger partial charge in [0.2, 0.25) is 5.91 Å². The van der Waals surface area contributed by atoms with Gasteiger partial charge in [-0.3, -0.25) is 24.5 Å². The maximum absolute atomic E-state index is 13.9. The molecule has 3 N–H and O–H groups in total. The molecule has 0 unspecified atom stereocenters. The Bertz CT molecular complexity index is 1790. The Hall–Kier alpha value is -4.96. The van der Waals surface area contributed by atoms with Gasteiger partial charge >= 0.3 is 0 Å². The number of hydrogen-bond donors (Lipinski definition) is 3. The lowest BCUT2D eigenvalue weighted by Gasteiger charge is -2.26. The molecule has 2 aromatic heterocycles. The lowest BCUT2D eigenvalue weighted by atomic mass is 9.99. The number of aliphatic hydroxyl groups excluding tert-OH is 1. The summed E-state index contributed by atoms with van der Waals surface area (Å²) in [6.07, 6.45) is 4.76. The van der Waals surface area contributed by atoms with E-state index in [1.807, 2.05) is 91.9 Å². The van der Waals surface area contributed by atoms with Gasteiger partial charge in [-0.25, -0.2) is 0 Å². The highest BCUT2D eigenvalue weighted by atomic mass is 16.3. The van der Waals surface area contributed by atoms with Crippen LogP contribution in [0.2, 0.25) is 0 Å². The highest BCUT2D eigenvalue weighted by Gasteiger charge is 2.24. The van der Waals surface area contributed by atoms with Crippen molar-refractivity contribution in [3.05, 3.63) is 144 Å². The Morgan fingerprint density at radius 3 is 2.00 bits per heavy atom. The monoisotopic (exact) mass is 700 g/mol. The third kappa shape index (κ3) is 11.5. The predicted octanol–water partition coefficient (Wildman–Crippen LogP) is 6.54. The lowest BCUT2D eigenvalue weighted by molar-refractivity contribution is -0.123. The number of carbonyl (C=O) groups is 2. The molecule has 0 saturated carbocycles. The number of carbonyl (C=O) groups excluding carboxylic acids is 2. The van der Waals surface area contributed by atoms with Crippen molar-refractivity contribution in [1.29, 1.82) is 0 Å². The fourth-order valence-electron chi connectivity index (χ4n) is 6.63. The van der Waals surface area contributed by atoms with Gasteiger partial charge in [0.05, 0.1) is 24.0 Å². The third-order valence-corrected chi connectivity index (χ3v) is 9.12. The molecule has 3 aromatic carbocycles. The third-order valence-electron chi connectivity index (χ3n) is 9.12. The van der Waals surface area contributed by atoms with Crippen LogP contribution in [0, 0.1) is 5.92 Å². The summed E-state index contributed by atoms with van der Waals surface area (Å²) < 4.78 is 0. The van der Waals surface area contributed by atoms with Gasteiger partial charge in [0.25, 0.3) is 5.91 Å². The molecular weight excluding hydrogens is 649 g/mol. The first-order valence-electron chi connectivity index (χ1n) is 18.3. The first kappa shape index (κ1) is 38.3. The summed E-state index contributed by atoms with van der Waals surface area (Å²) in [4.78, 5) is 41.1. The molecule has 0 bridgehead atoms. The smallest absolute Gasteiger partial charge is 0.251 e. The van der Waals surface area contributed by atoms with Crippen molar-refractivity contribution < 1.29 is 14.7 Å². The van der Waals surface area contributed by atoms with Gasteiger partial charge in [-0.15, -0.1) is 0 Å². The van der Waals surface area contributed by atoms with E-state index in [0.29, 0.717) is 50.5 Å². The average Bonchev–Trinajstić information content (AvgIpc) is 3.15. The van der Waals surface area contributed by atoms with E-state index >= 15 is 0 Å². The van der Waals surface area contributed by atoms with Crippen molar-refractivity contribution >= 4 is 22.6 Å². The normalized spacial score (nSPS) is 12.7. The Balaban J connectivity index is 1.28. The molecule has 9 heteroatoms. The van der Waals surface area contributed by atoms with Gasteiger partial charge in [0, 0.05) is 50.7 Å². The van der Waals surface area contributed by atoms with Gasteiger partial charge in [-0.05, 0) is 90.5 Å². The van der Waals surface area contributed by atoms with Gasteiger partial charge in [0.1, 0.15) is 6.04 Å². The number of rotatable bonds is 19. The second-order valence-corrected chi connectivity index (χ2v) is 13.9. The van der Waals surface area contributed by atoms with Crippen molar-refractivity contribution in [2.45, 2.75) is 65.3 Å². The van der Waals surface area contributed by atoms with E-state index in [4.69, 9.17) is 0 Å². The maximum Gasteiger partial charge on any atom is 0.251 e. The second-order valence-electron chi connectivity index (χ2n) is 13.9. The molecule has 2 amide bonds. The molecule has 5 rings (SSSR count). The van der Waals surface area contributed by atoms with E-state index in [1.165, 1.54) is 0 Å². The second kappa shape index (κ2) is 19.6. The summed E-state index contributed by atoms with van der Waals surface area (Å²) in [5, 5.41) is 18.0. The molecule has 0 aliphatic carbocycles. The zero-order chi connectivity index (χ0) is 36.7. The Morgan fingerprint density at radius 1 is 0.712 bits per heavy atom. The van der Waals surface area contributed by atoms with E-state index in [2.05, 4.69) is 62.4 Å². The Morgan fingerprint density at radius 2 is 1.37 bits per heavy atom. The van der Waals surface area contributed by atoms with Crippen molar-refractivity contribution in [3.8, 4) is 0 Å². The molecule has 0 aliphatic heterocycles. The quantitative estimate of drug-likeness (QED) is 0.0898. The largest absolute Gasteiger partial charge is 0.395 e. The number of aromatic nitrogens is 2. The average molecular weight is 701 g/mol. The first-order valence-corrected chi connectivity index (χ1v) is 18.3. The summed E-state index contributed by atoms with van der Waals surface area (Å²) >= 11 is 0. The van der Waals surface area contributed by atoms with E-state index in [-0.39, 0.29) is 24.5 Å². The summed E-state index contributed by atoms with van der Waals surface area (Å²) in [5.41, 5.74) is 4.51. The van der Waals surface area contributed by atoms with Gasteiger partial charge in [-0.2, -0.15) is 0 Å². The molecule has 0 spiro atoms. The lowest BCUT2D eigenvalue weighted by Crippen LogP contribution is -2.47. The Labute approximate surface area is 308 Å². The van der Waals surface area contributed by atoms with Gasteiger partial charge in [0.15, 0.2) is 0 Å². The predicted molar refractivity (Wildman–Crippen MR) is 207 cm³/mol. The van der Waals surface area contributed by atoms with Crippen LogP contribution in [-0.4, -0.2) is 69.0 Å². The minimum absolute atomic E-state index is 0.0793. The maximum atomic E-state index is 13.9. The van der Waals surface area contributed by atoms with E-state index in [9.17, 15) is 14.7 Å². The minimum atomic E-state index is -0.730. The van der Waals surface area contributed by atoms with E-state index < -0.39 is 6.04 Å². The first-order chi connectivity index (χ1) is 25.3. The van der Waals surface area contributed by atoms with Crippen LogP contribution >= 0.6 is 0 Å². The molecular formula is C43H52N6O3. The highest BCUT2D eigenvalue weighted by molar-refractivity contribution is 5.97. The molecule has 0 saturated heterocycles. The summed E-state index contributed by atoms with van der Waals surface area (Å²) in [5.74, 6) is -0.0626. The molecule has 0 fully saturated rings. The van der Waals surface area contributed by atoms with Crippen molar-refractivity contribution in [3.63, 3.8) is 0 Å². The van der Waals surface area contributed by atoms with E-state index in [1.54, 1.807) is 12.4 Å². The van der Waals surface area contributed by atoms with Crippen LogP contribution in [0.15, 0.2) is 116 Å². The SMILES string of the molecule is CC(C)CN(CCO)CCC[C@H](NC(=O)c1ccc(CN(Cc2ccccn2)Cc2ccccn2)cc1)C(=O)N[C@@H](C)c1cccc2ccccc12. The zero-order valence-corrected chi connectivity index (χ0v) is 30.6. The highest BCUT2D eigenvalue weighted by Crippen LogP contribution is 2.24. The number of aliphatic hydroxyl groups is 1. The Kier molecular flexibility index (Phi) is 14.4. The summed E-state index contributed by atoms with van der Waals surface area (Å²) in [6, 6.07) is 32.7. The van der Waals surface area contributed by atoms with Crippen LogP contribution in [-0.2, 0) is 24.4 Å². The van der Waals surface area contributed by atoms with Crippen LogP contribution in [0.25, 0.3) is 10.8 Å². The molecule has 0 radical (unpaired) electrons. The number of nitrogens with zero attached hydrogens (tertiary/aromatic N) is 4. The van der Waals surface area contributed by atoms with E-state index in [0.717, 1.165) is 46.4 Å². The molecule has 0 aliphatic rings. The number of pyridine rings is 2. The molecule has 52 heavy (non-hydrogen) atoms. The fraction of sp³-hybridized carbons (Fsp3) is 0.349. The molecule has 9 nitrogen and oxygen atoms in total. The number of nitrogens with one attached hydrogen (secondary N) is 2. The van der Waals surface area contributed by atoms with Crippen LogP contribution < -0.4 is 10.6 Å². The molecule has 2 heterocycles. The zero-order valence-electron chi connectivity index (χ0n) is 30.6. The topological polar surface area (TPSA) is 111 Å². The van der Waals surface area contributed by atoms with Crippen molar-refractivity contribution in [2.24, 2.45) is 5.92 Å². The van der Waals surface area contributed by atoms with Crippen LogP contribution in [0.4, 0.5) is 0 Å². The molecule has 2 atom stereocenters. The van der Waals surface area contributed by atoms with Crippen LogP contribution in [0.3, 0.4) is 0 Å². The number of benzene rings is 3. The fourth-order valence-corrected chi connectivity index (χ4v) is 6.63. The number of amides is 2. The van der Waals surface area contributed by atoms with Crippen LogP contribution in [0.5, 0.6) is 0 Å². The standard InChI is InChI=1S/C43H52N6O3/c1-32(2)28-48(26-27-50)25-11-18-41(43(52)46-33(3)39-17-10-13-35-12-4-5-16-40(35)39)47-42(51)36-21-19-34(20-22-36)29-49(30-37-14-6-8-23-44-37)31-38-15-7-9-24-45-38/h4-10,12-17,19-24,32-33,41,50H,11,18,25-31H2,1-3H3,(H,46,52)(H,47,51)/t33-,41-/m0/s1. The van der Waals surface area contributed by atoms with Crippen molar-refractivity contribution in [1.82, 2.24) is 30.4 Å². The summed E-state index contributed by atoms with van der Waals surface area (Å²) in [6.45, 7) is 10.5. The summed E-state index contributed by atoms with van der Waals surface area (Å²) in [7, 11) is 0.